The van der Waals surface area contributed by atoms with Gasteiger partial charge < -0.3 is 16.0 Å². The first-order chi connectivity index (χ1) is 17.7. The van der Waals surface area contributed by atoms with Crippen LogP contribution in [0.15, 0.2) is 24.7 Å². The van der Waals surface area contributed by atoms with Gasteiger partial charge in [-0.05, 0) is 25.1 Å². The van der Waals surface area contributed by atoms with E-state index in [-0.39, 0.29) is 25.2 Å². The number of carbonyl (C=O) groups excluding carboxylic acids is 1. The average molecular weight is 553 g/mol. The fourth-order valence-electron chi connectivity index (χ4n) is 4.64. The van der Waals surface area contributed by atoms with Gasteiger partial charge in [0.2, 0.25) is 11.7 Å². The van der Waals surface area contributed by atoms with Crippen LogP contribution in [0.25, 0.3) is 0 Å². The van der Waals surface area contributed by atoms with E-state index in [2.05, 4.69) is 20.3 Å². The summed E-state index contributed by atoms with van der Waals surface area (Å²) in [6, 6.07) is 0.325. The number of amides is 1. The number of nitrogens with two attached hydrogens (primary N) is 1. The topological polar surface area (TPSA) is 100 Å². The molecular weight excluding hydrogens is 530 g/mol. The number of hydrogen-bond acceptors (Lipinski definition) is 7. The molecule has 208 valence electrons. The average Bonchev–Trinajstić information content (AvgIpc) is 3.13. The number of pyridine rings is 1. The number of rotatable bonds is 7. The summed E-state index contributed by atoms with van der Waals surface area (Å²) in [6.07, 6.45) is -4.20. The van der Waals surface area contributed by atoms with E-state index in [1.807, 2.05) is 0 Å². The predicted octanol–water partition coefficient (Wildman–Crippen LogP) is 3.47. The first-order valence-electron chi connectivity index (χ1n) is 11.5. The number of piperidine rings is 1. The van der Waals surface area contributed by atoms with E-state index in [9.17, 15) is 35.5 Å². The molecule has 1 amide bonds. The largest absolute Gasteiger partial charge is 0.417 e. The summed E-state index contributed by atoms with van der Waals surface area (Å²) >= 11 is 0. The first-order valence-corrected chi connectivity index (χ1v) is 11.5. The van der Waals surface area contributed by atoms with Gasteiger partial charge in [-0.15, -0.1) is 0 Å². The standard InChI is InChI=1S/C22H23F8N7O/c23-17-18(33-6-12-3-4-36(8-16(31)38)10-21(12,26)27)34-11-35-19(17)37-9-20(24,25)5-15(37)14-2-1-13(7-32-14)22(28,29)30/h1-2,7,11-12,15H,3-6,8-10H2,(H2,31,38)(H,33,34,35)/t12-,15-/m1/s1. The summed E-state index contributed by atoms with van der Waals surface area (Å²) in [5.74, 6) is -10.8. The highest BCUT2D eigenvalue weighted by molar-refractivity contribution is 5.75. The van der Waals surface area contributed by atoms with Gasteiger partial charge in [-0.3, -0.25) is 14.7 Å². The third-order valence-electron chi connectivity index (χ3n) is 6.49. The van der Waals surface area contributed by atoms with Crippen LogP contribution in [0.5, 0.6) is 0 Å². The minimum absolute atomic E-state index is 0.0349. The summed E-state index contributed by atoms with van der Waals surface area (Å²) in [5, 5.41) is 2.49. The molecule has 0 radical (unpaired) electrons. The highest BCUT2D eigenvalue weighted by Gasteiger charge is 2.48. The Morgan fingerprint density at radius 1 is 1.13 bits per heavy atom. The van der Waals surface area contributed by atoms with E-state index in [1.165, 1.54) is 4.90 Å². The molecule has 16 heteroatoms. The molecule has 0 spiro atoms. The molecule has 0 aliphatic carbocycles. The predicted molar refractivity (Wildman–Crippen MR) is 118 cm³/mol. The zero-order valence-electron chi connectivity index (χ0n) is 19.7. The van der Waals surface area contributed by atoms with Gasteiger partial charge in [-0.1, -0.05) is 0 Å². The second-order valence-corrected chi connectivity index (χ2v) is 9.34. The number of nitrogens with one attached hydrogen (secondary N) is 1. The molecule has 0 saturated carbocycles. The van der Waals surface area contributed by atoms with Crippen molar-refractivity contribution in [2.45, 2.75) is 36.9 Å². The summed E-state index contributed by atoms with van der Waals surface area (Å²) in [7, 11) is 0. The van der Waals surface area contributed by atoms with E-state index in [1.54, 1.807) is 0 Å². The molecule has 38 heavy (non-hydrogen) atoms. The zero-order valence-corrected chi connectivity index (χ0v) is 19.7. The van der Waals surface area contributed by atoms with E-state index < -0.39 is 85.0 Å². The number of anilines is 2. The Balaban J connectivity index is 1.52. The molecule has 8 nitrogen and oxygen atoms in total. The Kier molecular flexibility index (Phi) is 7.38. The van der Waals surface area contributed by atoms with Crippen LogP contribution < -0.4 is 16.0 Å². The minimum Gasteiger partial charge on any atom is -0.369 e. The molecule has 0 bridgehead atoms. The third kappa shape index (κ3) is 6.05. The lowest BCUT2D eigenvalue weighted by atomic mass is 9.92. The van der Waals surface area contributed by atoms with E-state index in [0.29, 0.717) is 12.3 Å². The maximum Gasteiger partial charge on any atom is 0.417 e. The van der Waals surface area contributed by atoms with Crippen molar-refractivity contribution in [2.75, 3.05) is 42.9 Å². The van der Waals surface area contributed by atoms with Crippen molar-refractivity contribution < 1.29 is 39.9 Å². The maximum atomic E-state index is 15.3. The molecule has 0 aromatic carbocycles. The fraction of sp³-hybridized carbons (Fsp3) is 0.545. The highest BCUT2D eigenvalue weighted by atomic mass is 19.4. The number of halogens is 8. The Labute approximate surface area is 211 Å². The Bertz CT molecular complexity index is 1160. The molecule has 2 aliphatic heterocycles. The van der Waals surface area contributed by atoms with Gasteiger partial charge in [-0.2, -0.15) is 17.6 Å². The molecule has 2 aromatic heterocycles. The van der Waals surface area contributed by atoms with Gasteiger partial charge in [0.25, 0.3) is 11.8 Å². The smallest absolute Gasteiger partial charge is 0.369 e. The third-order valence-corrected chi connectivity index (χ3v) is 6.49. The van der Waals surface area contributed by atoms with Gasteiger partial charge in [0.15, 0.2) is 11.6 Å². The molecule has 4 heterocycles. The summed E-state index contributed by atoms with van der Waals surface area (Å²) in [6.45, 7) is -2.29. The number of alkyl halides is 7. The SMILES string of the molecule is NC(=O)CN1CC[C@H](CNc2ncnc(N3CC(F)(F)C[C@@H]3c3ccc(C(F)(F)F)cn3)c2F)C(F)(F)C1. The molecule has 2 aromatic rings. The van der Waals surface area contributed by atoms with Crippen molar-refractivity contribution in [2.24, 2.45) is 11.7 Å². The number of hydrogen-bond donors (Lipinski definition) is 2. The molecule has 4 rings (SSSR count). The molecule has 2 aliphatic rings. The lowest BCUT2D eigenvalue weighted by molar-refractivity contribution is -0.137. The normalized spacial score (nSPS) is 23.4. The van der Waals surface area contributed by atoms with Crippen LogP contribution >= 0.6 is 0 Å². The quantitative estimate of drug-likeness (QED) is 0.507. The number of primary amides is 1. The second-order valence-electron chi connectivity index (χ2n) is 9.34. The number of carbonyl (C=O) groups is 1. The van der Waals surface area contributed by atoms with Crippen molar-refractivity contribution in [1.82, 2.24) is 19.9 Å². The van der Waals surface area contributed by atoms with Crippen molar-refractivity contribution in [3.8, 4) is 0 Å². The van der Waals surface area contributed by atoms with Crippen LogP contribution in [0.1, 0.15) is 30.1 Å². The lowest BCUT2D eigenvalue weighted by Crippen LogP contribution is -2.52. The van der Waals surface area contributed by atoms with Crippen molar-refractivity contribution >= 4 is 17.5 Å². The fourth-order valence-corrected chi connectivity index (χ4v) is 4.64. The van der Waals surface area contributed by atoms with Crippen LogP contribution in [-0.4, -0.2) is 70.3 Å². The number of aromatic nitrogens is 3. The summed E-state index contributed by atoms with van der Waals surface area (Å²) in [5.41, 5.74) is 3.83. The minimum atomic E-state index is -4.68. The van der Waals surface area contributed by atoms with Gasteiger partial charge in [0, 0.05) is 25.1 Å². The van der Waals surface area contributed by atoms with Crippen molar-refractivity contribution in [3.05, 3.63) is 41.7 Å². The molecular formula is C22H23F8N7O. The lowest BCUT2D eigenvalue weighted by Gasteiger charge is -2.37. The second kappa shape index (κ2) is 10.1. The van der Waals surface area contributed by atoms with Crippen LogP contribution in [0.3, 0.4) is 0 Å². The maximum absolute atomic E-state index is 15.3. The Morgan fingerprint density at radius 3 is 2.47 bits per heavy atom. The highest BCUT2D eigenvalue weighted by Crippen LogP contribution is 2.44. The molecule has 2 atom stereocenters. The van der Waals surface area contributed by atoms with Crippen molar-refractivity contribution in [1.29, 1.82) is 0 Å². The van der Waals surface area contributed by atoms with Crippen LogP contribution in [0.4, 0.5) is 46.8 Å². The summed E-state index contributed by atoms with van der Waals surface area (Å²) < 4.78 is 112. The van der Waals surface area contributed by atoms with Crippen LogP contribution in [-0.2, 0) is 11.0 Å². The zero-order chi connectivity index (χ0) is 27.9. The molecule has 3 N–H and O–H groups in total. The molecule has 2 fully saturated rings. The van der Waals surface area contributed by atoms with E-state index in [0.717, 1.165) is 17.3 Å². The monoisotopic (exact) mass is 553 g/mol. The molecule has 2 saturated heterocycles. The Morgan fingerprint density at radius 2 is 1.87 bits per heavy atom. The van der Waals surface area contributed by atoms with Gasteiger partial charge in [-0.25, -0.2) is 27.5 Å². The van der Waals surface area contributed by atoms with E-state index >= 15 is 4.39 Å². The number of likely N-dealkylation sites (tertiary alicyclic amines) is 1. The van der Waals surface area contributed by atoms with Crippen LogP contribution in [0.2, 0.25) is 0 Å². The summed E-state index contributed by atoms with van der Waals surface area (Å²) in [4.78, 5) is 24.2. The first kappa shape index (κ1) is 27.7. The van der Waals surface area contributed by atoms with Gasteiger partial charge in [0.1, 0.15) is 6.33 Å². The van der Waals surface area contributed by atoms with Crippen LogP contribution in [0, 0.1) is 11.7 Å². The molecule has 0 unspecified atom stereocenters. The van der Waals surface area contributed by atoms with E-state index in [4.69, 9.17) is 5.73 Å². The van der Waals surface area contributed by atoms with Crippen molar-refractivity contribution in [3.63, 3.8) is 0 Å². The van der Waals surface area contributed by atoms with Gasteiger partial charge >= 0.3 is 6.18 Å². The number of nitrogens with zero attached hydrogens (tertiary/aromatic N) is 5. The Hall–Kier alpha value is -3.30. The van der Waals surface area contributed by atoms with Gasteiger partial charge in [0.05, 0.1) is 36.9 Å².